The molecule has 0 bridgehead atoms. The minimum Gasteiger partial charge on any atom is -0.504 e. The fourth-order valence-electron chi connectivity index (χ4n) is 1.61. The standard InChI is InChI=1S/C10H11ClO2/c1-10(2)5-6-7(11)3-4-8(12)9(6)13-10/h3-4,12H,5H2,1-2H3. The number of benzene rings is 1. The van der Waals surface area contributed by atoms with E-state index in [1.165, 1.54) is 0 Å². The van der Waals surface area contributed by atoms with Gasteiger partial charge >= 0.3 is 0 Å². The van der Waals surface area contributed by atoms with Gasteiger partial charge in [-0.1, -0.05) is 11.6 Å². The van der Waals surface area contributed by atoms with E-state index in [1.807, 2.05) is 13.8 Å². The maximum Gasteiger partial charge on any atom is 0.166 e. The van der Waals surface area contributed by atoms with E-state index in [1.54, 1.807) is 12.1 Å². The largest absolute Gasteiger partial charge is 0.504 e. The van der Waals surface area contributed by atoms with Gasteiger partial charge in [0.05, 0.1) is 0 Å². The Kier molecular flexibility index (Phi) is 1.70. The van der Waals surface area contributed by atoms with Crippen LogP contribution in [0.1, 0.15) is 19.4 Å². The van der Waals surface area contributed by atoms with Crippen molar-refractivity contribution in [3.05, 3.63) is 22.7 Å². The third kappa shape index (κ3) is 1.35. The lowest BCUT2D eigenvalue weighted by molar-refractivity contribution is 0.134. The molecule has 0 spiro atoms. The van der Waals surface area contributed by atoms with Crippen LogP contribution in [0.15, 0.2) is 12.1 Å². The van der Waals surface area contributed by atoms with E-state index in [0.29, 0.717) is 10.8 Å². The molecule has 3 heteroatoms. The molecule has 1 heterocycles. The van der Waals surface area contributed by atoms with Gasteiger partial charge in [0.2, 0.25) is 0 Å². The van der Waals surface area contributed by atoms with Crippen LogP contribution in [0.2, 0.25) is 5.02 Å². The van der Waals surface area contributed by atoms with E-state index >= 15 is 0 Å². The topological polar surface area (TPSA) is 29.5 Å². The van der Waals surface area contributed by atoms with Gasteiger partial charge in [0.1, 0.15) is 5.60 Å². The molecule has 0 atom stereocenters. The summed E-state index contributed by atoms with van der Waals surface area (Å²) in [6, 6.07) is 3.25. The molecule has 0 aromatic heterocycles. The van der Waals surface area contributed by atoms with Gasteiger partial charge in [0.25, 0.3) is 0 Å². The Balaban J connectivity index is 2.56. The van der Waals surface area contributed by atoms with E-state index in [0.717, 1.165) is 12.0 Å². The highest BCUT2D eigenvalue weighted by Crippen LogP contribution is 2.44. The summed E-state index contributed by atoms with van der Waals surface area (Å²) in [6.07, 6.45) is 0.746. The number of aromatic hydroxyl groups is 1. The zero-order chi connectivity index (χ0) is 9.64. The van der Waals surface area contributed by atoms with Crippen molar-refractivity contribution in [2.45, 2.75) is 25.9 Å². The van der Waals surface area contributed by atoms with Crippen LogP contribution in [0.4, 0.5) is 0 Å². The van der Waals surface area contributed by atoms with Gasteiger partial charge in [-0.25, -0.2) is 0 Å². The number of ether oxygens (including phenoxy) is 1. The summed E-state index contributed by atoms with van der Waals surface area (Å²) in [7, 11) is 0. The summed E-state index contributed by atoms with van der Waals surface area (Å²) < 4.78 is 5.57. The van der Waals surface area contributed by atoms with E-state index < -0.39 is 0 Å². The Morgan fingerprint density at radius 2 is 2.15 bits per heavy atom. The number of halogens is 1. The number of rotatable bonds is 0. The lowest BCUT2D eigenvalue weighted by Crippen LogP contribution is -2.24. The first-order valence-electron chi connectivity index (χ1n) is 4.19. The molecule has 13 heavy (non-hydrogen) atoms. The number of phenolic OH excluding ortho intramolecular Hbond substituents is 1. The first kappa shape index (κ1) is 8.70. The van der Waals surface area contributed by atoms with E-state index in [2.05, 4.69) is 0 Å². The molecule has 1 aromatic rings. The number of hydrogen-bond acceptors (Lipinski definition) is 2. The lowest BCUT2D eigenvalue weighted by atomic mass is 10.0. The average Bonchev–Trinajstić information content (AvgIpc) is 2.35. The van der Waals surface area contributed by atoms with Crippen LogP contribution in [0.25, 0.3) is 0 Å². The molecule has 2 rings (SSSR count). The summed E-state index contributed by atoms with van der Waals surface area (Å²) in [5.41, 5.74) is 0.650. The van der Waals surface area contributed by atoms with Crippen molar-refractivity contribution in [3.8, 4) is 11.5 Å². The Labute approximate surface area is 82.1 Å². The fraction of sp³-hybridized carbons (Fsp3) is 0.400. The molecule has 0 radical (unpaired) electrons. The lowest BCUT2D eigenvalue weighted by Gasteiger charge is -2.16. The molecule has 1 aliphatic heterocycles. The van der Waals surface area contributed by atoms with Gasteiger partial charge < -0.3 is 9.84 Å². The molecule has 0 amide bonds. The molecule has 2 nitrogen and oxygen atoms in total. The normalized spacial score (nSPS) is 18.1. The predicted octanol–water partition coefficient (Wildman–Crippen LogP) is 2.76. The number of hydrogen-bond donors (Lipinski definition) is 1. The molecule has 1 aromatic carbocycles. The Bertz CT molecular complexity index is 325. The molecule has 0 unspecified atom stereocenters. The van der Waals surface area contributed by atoms with Crippen LogP contribution < -0.4 is 4.74 Å². The van der Waals surface area contributed by atoms with Crippen molar-refractivity contribution in [2.75, 3.05) is 0 Å². The fourth-order valence-corrected chi connectivity index (χ4v) is 1.82. The first-order valence-corrected chi connectivity index (χ1v) is 4.57. The highest BCUT2D eigenvalue weighted by molar-refractivity contribution is 6.31. The van der Waals surface area contributed by atoms with Crippen LogP contribution in [-0.4, -0.2) is 10.7 Å². The molecule has 70 valence electrons. The summed E-state index contributed by atoms with van der Waals surface area (Å²) in [5, 5.41) is 10.2. The maximum atomic E-state index is 9.50. The minimum atomic E-state index is -0.259. The average molecular weight is 199 g/mol. The molecular weight excluding hydrogens is 188 g/mol. The van der Waals surface area contributed by atoms with Crippen LogP contribution in [-0.2, 0) is 6.42 Å². The SMILES string of the molecule is CC1(C)Cc2c(Cl)ccc(O)c2O1. The Hall–Kier alpha value is -0.890. The summed E-state index contributed by atoms with van der Waals surface area (Å²) in [6.45, 7) is 3.95. The number of fused-ring (bicyclic) bond motifs is 1. The zero-order valence-electron chi connectivity index (χ0n) is 7.60. The van der Waals surface area contributed by atoms with Crippen molar-refractivity contribution in [2.24, 2.45) is 0 Å². The number of phenols is 1. The van der Waals surface area contributed by atoms with Crippen molar-refractivity contribution < 1.29 is 9.84 Å². The molecule has 0 fully saturated rings. The van der Waals surface area contributed by atoms with E-state index in [-0.39, 0.29) is 11.4 Å². The van der Waals surface area contributed by atoms with Gasteiger partial charge in [0.15, 0.2) is 11.5 Å². The molecule has 0 aliphatic carbocycles. The van der Waals surface area contributed by atoms with Gasteiger partial charge in [-0.2, -0.15) is 0 Å². The molecule has 1 N–H and O–H groups in total. The van der Waals surface area contributed by atoms with Crippen LogP contribution in [0.3, 0.4) is 0 Å². The third-order valence-electron chi connectivity index (χ3n) is 2.16. The minimum absolute atomic E-state index is 0.171. The summed E-state index contributed by atoms with van der Waals surface area (Å²) in [4.78, 5) is 0. The monoisotopic (exact) mass is 198 g/mol. The van der Waals surface area contributed by atoms with Crippen molar-refractivity contribution in [1.82, 2.24) is 0 Å². The van der Waals surface area contributed by atoms with E-state index in [4.69, 9.17) is 16.3 Å². The van der Waals surface area contributed by atoms with Crippen LogP contribution in [0, 0.1) is 0 Å². The second-order valence-electron chi connectivity index (χ2n) is 3.91. The summed E-state index contributed by atoms with van der Waals surface area (Å²) >= 11 is 5.98. The second kappa shape index (κ2) is 2.55. The highest BCUT2D eigenvalue weighted by Gasteiger charge is 2.33. The highest BCUT2D eigenvalue weighted by atomic mass is 35.5. The van der Waals surface area contributed by atoms with Gasteiger partial charge in [-0.15, -0.1) is 0 Å². The quantitative estimate of drug-likeness (QED) is 0.695. The first-order chi connectivity index (χ1) is 5.99. The van der Waals surface area contributed by atoms with Gasteiger partial charge in [-0.05, 0) is 26.0 Å². The van der Waals surface area contributed by atoms with Crippen molar-refractivity contribution in [1.29, 1.82) is 0 Å². The van der Waals surface area contributed by atoms with Gasteiger partial charge in [-0.3, -0.25) is 0 Å². The molecule has 0 saturated carbocycles. The molecular formula is C10H11ClO2. The van der Waals surface area contributed by atoms with Crippen molar-refractivity contribution >= 4 is 11.6 Å². The zero-order valence-corrected chi connectivity index (χ0v) is 8.35. The Morgan fingerprint density at radius 1 is 1.46 bits per heavy atom. The maximum absolute atomic E-state index is 9.50. The predicted molar refractivity (Wildman–Crippen MR) is 51.5 cm³/mol. The van der Waals surface area contributed by atoms with Gasteiger partial charge in [0, 0.05) is 17.0 Å². The van der Waals surface area contributed by atoms with E-state index in [9.17, 15) is 5.11 Å². The molecule has 0 saturated heterocycles. The third-order valence-corrected chi connectivity index (χ3v) is 2.52. The summed E-state index contributed by atoms with van der Waals surface area (Å²) in [5.74, 6) is 0.711. The molecule has 1 aliphatic rings. The Morgan fingerprint density at radius 3 is 2.77 bits per heavy atom. The van der Waals surface area contributed by atoms with Crippen LogP contribution >= 0.6 is 11.6 Å². The second-order valence-corrected chi connectivity index (χ2v) is 4.32. The smallest absolute Gasteiger partial charge is 0.166 e. The van der Waals surface area contributed by atoms with Crippen LogP contribution in [0.5, 0.6) is 11.5 Å². The van der Waals surface area contributed by atoms with Crippen molar-refractivity contribution in [3.63, 3.8) is 0 Å².